The molecule has 11 nitrogen and oxygen atoms in total. The second-order valence-corrected chi connectivity index (χ2v) is 7.56. The van der Waals surface area contributed by atoms with Crippen LogP contribution < -0.4 is 5.73 Å². The molecule has 24 heavy (non-hydrogen) atoms. The van der Waals surface area contributed by atoms with E-state index in [1.165, 1.54) is 0 Å². The Morgan fingerprint density at radius 1 is 1.46 bits per heavy atom. The van der Waals surface area contributed by atoms with Crippen molar-refractivity contribution in [2.45, 2.75) is 24.4 Å². The van der Waals surface area contributed by atoms with Crippen molar-refractivity contribution in [2.75, 3.05) is 12.3 Å². The van der Waals surface area contributed by atoms with E-state index in [1.807, 2.05) is 0 Å². The molecule has 3 rings (SSSR count). The van der Waals surface area contributed by atoms with Gasteiger partial charge in [-0.2, -0.15) is 13.5 Å². The SMILES string of the molecule is Nc1ncnc2c1nnn2[C@@H]1O[C@H](COP(O)(O)=S)[C@@H](O)C1(F)F. The topological polar surface area (TPSA) is 162 Å². The van der Waals surface area contributed by atoms with Crippen LogP contribution in [-0.2, 0) is 21.1 Å². The van der Waals surface area contributed by atoms with Gasteiger partial charge in [-0.15, -0.1) is 5.10 Å². The molecule has 3 heterocycles. The highest BCUT2D eigenvalue weighted by molar-refractivity contribution is 8.06. The maximum atomic E-state index is 14.3. The number of aliphatic hydroxyl groups excluding tert-OH is 1. The molecule has 1 aliphatic heterocycles. The molecule has 0 radical (unpaired) electrons. The lowest BCUT2D eigenvalue weighted by atomic mass is 10.1. The Morgan fingerprint density at radius 2 is 2.17 bits per heavy atom. The van der Waals surface area contributed by atoms with E-state index >= 15 is 0 Å². The number of halogens is 2. The van der Waals surface area contributed by atoms with Gasteiger partial charge in [-0.3, -0.25) is 0 Å². The van der Waals surface area contributed by atoms with E-state index in [-0.39, 0.29) is 17.0 Å². The summed E-state index contributed by atoms with van der Waals surface area (Å²) in [5, 5.41) is 16.9. The van der Waals surface area contributed by atoms with Gasteiger partial charge in [0.2, 0.25) is 6.23 Å². The van der Waals surface area contributed by atoms with Gasteiger partial charge < -0.3 is 29.9 Å². The fraction of sp³-hybridized carbons (Fsp3) is 0.556. The van der Waals surface area contributed by atoms with Gasteiger partial charge in [0, 0.05) is 0 Å². The lowest BCUT2D eigenvalue weighted by Gasteiger charge is -2.19. The highest BCUT2D eigenvalue weighted by Gasteiger charge is 2.60. The predicted molar refractivity (Wildman–Crippen MR) is 77.1 cm³/mol. The number of hydrogen-bond acceptors (Lipinski definition) is 9. The van der Waals surface area contributed by atoms with Crippen molar-refractivity contribution < 1.29 is 32.9 Å². The molecule has 2 aromatic heterocycles. The maximum absolute atomic E-state index is 14.3. The normalized spacial score (nSPS) is 27.0. The summed E-state index contributed by atoms with van der Waals surface area (Å²) in [5.74, 6) is -3.85. The highest BCUT2D eigenvalue weighted by Crippen LogP contribution is 2.45. The largest absolute Gasteiger partial charge is 0.384 e. The minimum atomic E-state index is -4.09. The number of nitrogens with two attached hydrogens (primary N) is 1. The standard InChI is InChI=1S/C9H11F2N6O5PS/c10-9(11)5(18)3(1-21-23(19,20)24)22-8(9)17-7-4(15-16-17)6(12)13-2-14-7/h2-3,5,8,18H,1H2,(H2,12,13,14)(H2,19,20,24)/t3-,5-,8-/m1/s1. The Balaban J connectivity index is 1.92. The van der Waals surface area contributed by atoms with E-state index in [4.69, 9.17) is 20.3 Å². The number of fused-ring (bicyclic) bond motifs is 1. The third kappa shape index (κ3) is 2.97. The molecular weight excluding hydrogens is 373 g/mol. The van der Waals surface area contributed by atoms with Crippen LogP contribution in [0.5, 0.6) is 0 Å². The Morgan fingerprint density at radius 3 is 2.83 bits per heavy atom. The molecule has 132 valence electrons. The third-order valence-corrected chi connectivity index (χ3v) is 4.10. The second kappa shape index (κ2) is 5.84. The second-order valence-electron chi connectivity index (χ2n) is 4.90. The lowest BCUT2D eigenvalue weighted by Crippen LogP contribution is -2.39. The molecule has 3 atom stereocenters. The fourth-order valence-electron chi connectivity index (χ4n) is 2.19. The number of nitrogens with zero attached hydrogens (tertiary/aromatic N) is 5. The van der Waals surface area contributed by atoms with Gasteiger partial charge in [-0.1, -0.05) is 5.21 Å². The molecule has 15 heteroatoms. The average Bonchev–Trinajstić information content (AvgIpc) is 2.99. The average molecular weight is 384 g/mol. The van der Waals surface area contributed by atoms with Crippen molar-refractivity contribution in [2.24, 2.45) is 0 Å². The van der Waals surface area contributed by atoms with Crippen LogP contribution in [0.25, 0.3) is 11.2 Å². The third-order valence-electron chi connectivity index (χ3n) is 3.30. The molecule has 0 saturated carbocycles. The first-order valence-corrected chi connectivity index (χ1v) is 8.96. The number of rotatable bonds is 4. The van der Waals surface area contributed by atoms with Crippen LogP contribution in [0.2, 0.25) is 0 Å². The van der Waals surface area contributed by atoms with E-state index in [9.17, 15) is 13.9 Å². The zero-order valence-corrected chi connectivity index (χ0v) is 13.3. The highest BCUT2D eigenvalue weighted by atomic mass is 32.5. The van der Waals surface area contributed by atoms with E-state index in [0.29, 0.717) is 4.68 Å². The molecule has 0 unspecified atom stereocenters. The van der Waals surface area contributed by atoms with E-state index in [1.54, 1.807) is 0 Å². The number of alkyl halides is 2. The molecule has 1 fully saturated rings. The first-order valence-electron chi connectivity index (χ1n) is 6.34. The van der Waals surface area contributed by atoms with Crippen LogP contribution in [0.15, 0.2) is 6.33 Å². The summed E-state index contributed by atoms with van der Waals surface area (Å²) in [6, 6.07) is 0. The Kier molecular flexibility index (Phi) is 4.24. The Hall–Kier alpha value is -1.41. The minimum Gasteiger partial charge on any atom is -0.384 e. The summed E-state index contributed by atoms with van der Waals surface area (Å²) in [4.78, 5) is 25.4. The molecule has 0 spiro atoms. The molecular formula is C9H11F2N6O5PS. The van der Waals surface area contributed by atoms with Gasteiger partial charge in [-0.05, 0) is 11.8 Å². The number of hydrogen-bond donors (Lipinski definition) is 4. The van der Waals surface area contributed by atoms with Crippen molar-refractivity contribution in [3.63, 3.8) is 0 Å². The van der Waals surface area contributed by atoms with Crippen LogP contribution >= 0.6 is 6.72 Å². The Bertz CT molecular complexity index is 817. The molecule has 0 bridgehead atoms. The minimum absolute atomic E-state index is 0.00712. The number of aliphatic hydroxyl groups is 1. The van der Waals surface area contributed by atoms with Crippen molar-refractivity contribution in [1.29, 1.82) is 0 Å². The fourth-order valence-corrected chi connectivity index (χ4v) is 2.71. The molecule has 5 N–H and O–H groups in total. The van der Waals surface area contributed by atoms with Crippen LogP contribution in [-0.4, -0.2) is 64.6 Å². The first-order chi connectivity index (χ1) is 11.1. The van der Waals surface area contributed by atoms with Crippen molar-refractivity contribution >= 4 is 35.5 Å². The molecule has 1 saturated heterocycles. The zero-order chi connectivity index (χ0) is 17.7. The lowest BCUT2D eigenvalue weighted by molar-refractivity contribution is -0.142. The molecule has 0 aliphatic carbocycles. The van der Waals surface area contributed by atoms with Gasteiger partial charge in [-0.25, -0.2) is 9.97 Å². The van der Waals surface area contributed by atoms with Crippen LogP contribution in [0.1, 0.15) is 6.23 Å². The van der Waals surface area contributed by atoms with Gasteiger partial charge in [0.05, 0.1) is 6.61 Å². The quantitative estimate of drug-likeness (QED) is 0.475. The van der Waals surface area contributed by atoms with E-state index in [2.05, 4.69) is 36.6 Å². The van der Waals surface area contributed by atoms with Gasteiger partial charge in [0.1, 0.15) is 12.4 Å². The summed E-state index contributed by atoms with van der Waals surface area (Å²) in [6.45, 7) is -4.84. The van der Waals surface area contributed by atoms with Gasteiger partial charge in [0.15, 0.2) is 23.1 Å². The van der Waals surface area contributed by atoms with Gasteiger partial charge in [0.25, 0.3) is 0 Å². The Labute approximate surface area is 137 Å². The number of ether oxygens (including phenoxy) is 1. The number of aromatic nitrogens is 5. The molecule has 0 amide bonds. The summed E-state index contributed by atoms with van der Waals surface area (Å²) in [7, 11) is 0. The van der Waals surface area contributed by atoms with Crippen LogP contribution in [0, 0.1) is 0 Å². The first kappa shape index (κ1) is 17.4. The summed E-state index contributed by atoms with van der Waals surface area (Å²) in [5.41, 5.74) is 5.44. The van der Waals surface area contributed by atoms with Crippen molar-refractivity contribution in [1.82, 2.24) is 25.0 Å². The molecule has 0 aromatic carbocycles. The van der Waals surface area contributed by atoms with Crippen molar-refractivity contribution in [3.05, 3.63) is 6.33 Å². The maximum Gasteiger partial charge on any atom is 0.321 e. The van der Waals surface area contributed by atoms with E-state index in [0.717, 1.165) is 6.33 Å². The zero-order valence-electron chi connectivity index (χ0n) is 11.6. The molecule has 2 aromatic rings. The van der Waals surface area contributed by atoms with E-state index < -0.39 is 37.7 Å². The number of anilines is 1. The summed E-state index contributed by atoms with van der Waals surface area (Å²) < 4.78 is 38.9. The van der Waals surface area contributed by atoms with Crippen LogP contribution in [0.4, 0.5) is 14.6 Å². The summed E-state index contributed by atoms with van der Waals surface area (Å²) >= 11 is 4.22. The smallest absolute Gasteiger partial charge is 0.321 e. The monoisotopic (exact) mass is 384 g/mol. The molecule has 1 aliphatic rings. The summed E-state index contributed by atoms with van der Waals surface area (Å²) in [6.07, 6.45) is -4.90. The van der Waals surface area contributed by atoms with Crippen LogP contribution in [0.3, 0.4) is 0 Å². The number of nitrogen functional groups attached to an aromatic ring is 1. The predicted octanol–water partition coefficient (Wildman–Crippen LogP) is -1.08. The van der Waals surface area contributed by atoms with Gasteiger partial charge >= 0.3 is 12.6 Å². The van der Waals surface area contributed by atoms with Crippen molar-refractivity contribution in [3.8, 4) is 0 Å².